The Balaban J connectivity index is 2.86. The molecule has 0 N–H and O–H groups in total. The predicted molar refractivity (Wildman–Crippen MR) is 46.6 cm³/mol. The van der Waals surface area contributed by atoms with Crippen LogP contribution in [0, 0.1) is 6.92 Å². The Morgan fingerprint density at radius 2 is 2.18 bits per heavy atom. The molecule has 0 radical (unpaired) electrons. The molecule has 0 aromatic carbocycles. The lowest BCUT2D eigenvalue weighted by Crippen LogP contribution is -2.02. The average molecular weight is 152 g/mol. The summed E-state index contributed by atoms with van der Waals surface area (Å²) in [5.74, 6) is 1.14. The molecule has 0 aliphatic heterocycles. The molecule has 2 nitrogen and oxygen atoms in total. The molecule has 0 spiro atoms. The lowest BCUT2D eigenvalue weighted by atomic mass is 10.3. The van der Waals surface area contributed by atoms with Crippen molar-refractivity contribution in [2.45, 2.75) is 40.2 Å². The van der Waals surface area contributed by atoms with Crippen molar-refractivity contribution in [3.63, 3.8) is 0 Å². The number of hydrogen-bond donors (Lipinski definition) is 0. The maximum Gasteiger partial charge on any atom is 0.105 e. The van der Waals surface area contributed by atoms with Crippen molar-refractivity contribution in [2.24, 2.45) is 0 Å². The van der Waals surface area contributed by atoms with Gasteiger partial charge in [-0.1, -0.05) is 13.3 Å². The number of hydrogen-bond acceptors (Lipinski definition) is 1. The molecule has 0 aliphatic carbocycles. The Hall–Kier alpha value is -0.790. The van der Waals surface area contributed by atoms with Crippen molar-refractivity contribution in [1.29, 1.82) is 0 Å². The smallest absolute Gasteiger partial charge is 0.105 e. The van der Waals surface area contributed by atoms with Gasteiger partial charge in [-0.15, -0.1) is 0 Å². The second kappa shape index (κ2) is 3.56. The molecule has 1 aromatic rings. The third-order valence-corrected chi connectivity index (χ3v) is 1.96. The van der Waals surface area contributed by atoms with E-state index < -0.39 is 0 Å². The summed E-state index contributed by atoms with van der Waals surface area (Å²) in [6.45, 7) is 7.46. The van der Waals surface area contributed by atoms with E-state index in [-0.39, 0.29) is 0 Å². The zero-order valence-electron chi connectivity index (χ0n) is 7.59. The highest BCUT2D eigenvalue weighted by molar-refractivity contribution is 5.04. The molecule has 0 atom stereocenters. The minimum Gasteiger partial charge on any atom is -0.333 e. The van der Waals surface area contributed by atoms with Gasteiger partial charge in [0.25, 0.3) is 0 Å². The highest BCUT2D eigenvalue weighted by Gasteiger charge is 2.01. The van der Waals surface area contributed by atoms with Gasteiger partial charge in [0.1, 0.15) is 5.82 Å². The highest BCUT2D eigenvalue weighted by atomic mass is 15.1. The quantitative estimate of drug-likeness (QED) is 0.649. The number of imidazole rings is 1. The van der Waals surface area contributed by atoms with E-state index in [9.17, 15) is 0 Å². The minimum absolute atomic E-state index is 1.04. The monoisotopic (exact) mass is 152 g/mol. The van der Waals surface area contributed by atoms with Crippen LogP contribution >= 0.6 is 0 Å². The van der Waals surface area contributed by atoms with Crippen LogP contribution in [-0.2, 0) is 13.0 Å². The van der Waals surface area contributed by atoms with E-state index in [2.05, 4.69) is 30.3 Å². The summed E-state index contributed by atoms with van der Waals surface area (Å²) in [5, 5.41) is 0. The fourth-order valence-corrected chi connectivity index (χ4v) is 1.40. The second-order valence-electron chi connectivity index (χ2n) is 2.79. The Kier molecular flexibility index (Phi) is 2.69. The molecule has 0 saturated heterocycles. The van der Waals surface area contributed by atoms with Gasteiger partial charge in [0.15, 0.2) is 0 Å². The fourth-order valence-electron chi connectivity index (χ4n) is 1.40. The van der Waals surface area contributed by atoms with E-state index in [1.807, 2.05) is 6.20 Å². The summed E-state index contributed by atoms with van der Waals surface area (Å²) in [4.78, 5) is 4.27. The SMILES string of the molecule is CCCc1cnc(C)n1CC. The zero-order chi connectivity index (χ0) is 8.27. The topological polar surface area (TPSA) is 17.8 Å². The maximum absolute atomic E-state index is 4.27. The van der Waals surface area contributed by atoms with E-state index in [1.54, 1.807) is 0 Å². The van der Waals surface area contributed by atoms with Gasteiger partial charge in [-0.05, 0) is 20.3 Å². The Morgan fingerprint density at radius 1 is 1.45 bits per heavy atom. The number of rotatable bonds is 3. The summed E-state index contributed by atoms with van der Waals surface area (Å²) < 4.78 is 2.27. The molecule has 0 bridgehead atoms. The zero-order valence-corrected chi connectivity index (χ0v) is 7.59. The second-order valence-corrected chi connectivity index (χ2v) is 2.79. The molecule has 0 saturated carbocycles. The summed E-state index contributed by atoms with van der Waals surface area (Å²) in [6.07, 6.45) is 4.34. The van der Waals surface area contributed by atoms with Crippen molar-refractivity contribution in [3.05, 3.63) is 17.7 Å². The summed E-state index contributed by atoms with van der Waals surface area (Å²) >= 11 is 0. The van der Waals surface area contributed by atoms with Crippen LogP contribution in [0.2, 0.25) is 0 Å². The molecule has 62 valence electrons. The Labute approximate surface area is 68.3 Å². The summed E-state index contributed by atoms with van der Waals surface area (Å²) in [6, 6.07) is 0. The van der Waals surface area contributed by atoms with Crippen LogP contribution in [0.1, 0.15) is 31.8 Å². The van der Waals surface area contributed by atoms with Crippen LogP contribution in [0.4, 0.5) is 0 Å². The first-order valence-electron chi connectivity index (χ1n) is 4.30. The van der Waals surface area contributed by atoms with Crippen LogP contribution in [0.25, 0.3) is 0 Å². The number of aryl methyl sites for hydroxylation is 2. The predicted octanol–water partition coefficient (Wildman–Crippen LogP) is 2.16. The van der Waals surface area contributed by atoms with Gasteiger partial charge in [0, 0.05) is 18.4 Å². The van der Waals surface area contributed by atoms with E-state index >= 15 is 0 Å². The molecule has 1 heterocycles. The first-order valence-corrected chi connectivity index (χ1v) is 4.30. The van der Waals surface area contributed by atoms with Gasteiger partial charge in [0.05, 0.1) is 0 Å². The fraction of sp³-hybridized carbons (Fsp3) is 0.667. The number of nitrogens with zero attached hydrogens (tertiary/aromatic N) is 2. The third-order valence-electron chi connectivity index (χ3n) is 1.96. The van der Waals surface area contributed by atoms with E-state index in [0.717, 1.165) is 18.8 Å². The molecular formula is C9H16N2. The largest absolute Gasteiger partial charge is 0.333 e. The lowest BCUT2D eigenvalue weighted by molar-refractivity contribution is 0.677. The molecule has 0 amide bonds. The molecule has 0 aliphatic rings. The highest BCUT2D eigenvalue weighted by Crippen LogP contribution is 2.06. The van der Waals surface area contributed by atoms with Gasteiger partial charge < -0.3 is 4.57 Å². The molecule has 1 aromatic heterocycles. The van der Waals surface area contributed by atoms with Crippen molar-refractivity contribution in [2.75, 3.05) is 0 Å². The first-order chi connectivity index (χ1) is 5.29. The van der Waals surface area contributed by atoms with E-state index in [0.29, 0.717) is 0 Å². The van der Waals surface area contributed by atoms with Gasteiger partial charge in [-0.2, -0.15) is 0 Å². The standard InChI is InChI=1S/C9H16N2/c1-4-6-9-7-10-8(3)11(9)5-2/h7H,4-6H2,1-3H3. The van der Waals surface area contributed by atoms with E-state index in [4.69, 9.17) is 0 Å². The molecule has 1 rings (SSSR count). The third kappa shape index (κ3) is 1.62. The van der Waals surface area contributed by atoms with Crippen LogP contribution in [0.15, 0.2) is 6.20 Å². The van der Waals surface area contributed by atoms with Crippen LogP contribution < -0.4 is 0 Å². The van der Waals surface area contributed by atoms with Crippen molar-refractivity contribution >= 4 is 0 Å². The normalized spacial score (nSPS) is 10.5. The average Bonchev–Trinajstić information content (AvgIpc) is 2.33. The maximum atomic E-state index is 4.27. The summed E-state index contributed by atoms with van der Waals surface area (Å²) in [7, 11) is 0. The molecule has 2 heteroatoms. The molecular weight excluding hydrogens is 136 g/mol. The van der Waals surface area contributed by atoms with Crippen molar-refractivity contribution in [1.82, 2.24) is 9.55 Å². The number of aromatic nitrogens is 2. The van der Waals surface area contributed by atoms with E-state index in [1.165, 1.54) is 12.1 Å². The van der Waals surface area contributed by atoms with Gasteiger partial charge in [-0.25, -0.2) is 4.98 Å². The summed E-state index contributed by atoms with van der Waals surface area (Å²) in [5.41, 5.74) is 1.37. The van der Waals surface area contributed by atoms with Gasteiger partial charge in [0.2, 0.25) is 0 Å². The Morgan fingerprint density at radius 3 is 2.73 bits per heavy atom. The van der Waals surface area contributed by atoms with Crippen LogP contribution in [0.3, 0.4) is 0 Å². The molecule has 0 unspecified atom stereocenters. The van der Waals surface area contributed by atoms with Crippen molar-refractivity contribution < 1.29 is 0 Å². The Bertz CT molecular complexity index is 225. The minimum atomic E-state index is 1.04. The molecule has 11 heavy (non-hydrogen) atoms. The van der Waals surface area contributed by atoms with Gasteiger partial charge in [-0.3, -0.25) is 0 Å². The first kappa shape index (κ1) is 8.31. The van der Waals surface area contributed by atoms with Crippen LogP contribution in [0.5, 0.6) is 0 Å². The molecule has 0 fully saturated rings. The van der Waals surface area contributed by atoms with Crippen LogP contribution in [-0.4, -0.2) is 9.55 Å². The lowest BCUT2D eigenvalue weighted by Gasteiger charge is -2.04. The van der Waals surface area contributed by atoms with Gasteiger partial charge >= 0.3 is 0 Å². The van der Waals surface area contributed by atoms with Crippen molar-refractivity contribution in [3.8, 4) is 0 Å².